The maximum absolute atomic E-state index is 12.3. The zero-order chi connectivity index (χ0) is 20.6. The molecule has 1 heterocycles. The third kappa shape index (κ3) is 5.68. The molecule has 8 heteroatoms. The third-order valence-corrected chi connectivity index (χ3v) is 4.88. The van der Waals surface area contributed by atoms with Crippen molar-refractivity contribution in [3.63, 3.8) is 0 Å². The van der Waals surface area contributed by atoms with E-state index in [0.717, 1.165) is 25.7 Å². The maximum atomic E-state index is 12.3. The van der Waals surface area contributed by atoms with E-state index in [1.165, 1.54) is 0 Å². The fourth-order valence-electron chi connectivity index (χ4n) is 3.09. The first-order valence-electron chi connectivity index (χ1n) is 9.19. The molecule has 0 spiro atoms. The van der Waals surface area contributed by atoms with Crippen molar-refractivity contribution in [3.8, 4) is 23.7 Å². The number of halogens is 1. The highest BCUT2D eigenvalue weighted by atomic mass is 35.5. The van der Waals surface area contributed by atoms with Gasteiger partial charge in [0.15, 0.2) is 5.69 Å². The summed E-state index contributed by atoms with van der Waals surface area (Å²) in [4.78, 5) is 12.3. The Morgan fingerprint density at radius 2 is 2.03 bits per heavy atom. The van der Waals surface area contributed by atoms with E-state index in [-0.39, 0.29) is 30.4 Å². The second-order valence-electron chi connectivity index (χ2n) is 6.58. The molecule has 1 saturated carbocycles. The Morgan fingerprint density at radius 3 is 2.66 bits per heavy atom. The predicted molar refractivity (Wildman–Crippen MR) is 106 cm³/mol. The fourth-order valence-corrected chi connectivity index (χ4v) is 3.30. The highest BCUT2D eigenvalue weighted by Crippen LogP contribution is 2.27. The van der Waals surface area contributed by atoms with Crippen LogP contribution in [0.15, 0.2) is 30.3 Å². The molecule has 0 radical (unpaired) electrons. The molecule has 0 bridgehead atoms. The number of aliphatic hydroxyl groups excluding tert-OH is 1. The SMILES string of the molecule is N#Cc1ccc(OC2CCC(NC(=O)c3ccc(C#CCO)nn3)CC2)cc1Cl. The number of carbonyl (C=O) groups excluding carboxylic acids is 1. The first kappa shape index (κ1) is 20.6. The number of benzene rings is 1. The molecule has 1 aliphatic rings. The van der Waals surface area contributed by atoms with Gasteiger partial charge in [0.2, 0.25) is 0 Å². The van der Waals surface area contributed by atoms with E-state index < -0.39 is 0 Å². The standard InChI is InChI=1S/C21H19ClN4O3/c22-19-12-18(7-3-14(19)13-23)29-17-8-4-15(5-9-17)24-21(28)20-10-6-16(25-26-20)2-1-11-27/h3,6-7,10,12,15,17,27H,4-5,8-9,11H2,(H,24,28). The van der Waals surface area contributed by atoms with Gasteiger partial charge in [0, 0.05) is 12.1 Å². The molecular weight excluding hydrogens is 392 g/mol. The van der Waals surface area contributed by atoms with Gasteiger partial charge in [-0.05, 0) is 55.9 Å². The number of aromatic nitrogens is 2. The van der Waals surface area contributed by atoms with E-state index in [1.54, 1.807) is 30.3 Å². The second kappa shape index (κ2) is 9.88. The van der Waals surface area contributed by atoms with Crippen LogP contribution in [0.2, 0.25) is 5.02 Å². The van der Waals surface area contributed by atoms with E-state index in [9.17, 15) is 4.79 Å². The van der Waals surface area contributed by atoms with Gasteiger partial charge in [-0.3, -0.25) is 4.79 Å². The van der Waals surface area contributed by atoms with Crippen molar-refractivity contribution in [1.82, 2.24) is 15.5 Å². The largest absolute Gasteiger partial charge is 0.490 e. The Morgan fingerprint density at radius 1 is 1.24 bits per heavy atom. The van der Waals surface area contributed by atoms with Crippen LogP contribution in [0.3, 0.4) is 0 Å². The van der Waals surface area contributed by atoms with Crippen molar-refractivity contribution in [2.24, 2.45) is 0 Å². The normalized spacial score (nSPS) is 18.1. The van der Waals surface area contributed by atoms with Crippen LogP contribution in [-0.4, -0.2) is 40.0 Å². The minimum Gasteiger partial charge on any atom is -0.490 e. The van der Waals surface area contributed by atoms with Crippen LogP contribution in [0.5, 0.6) is 5.75 Å². The number of nitrogens with zero attached hydrogens (tertiary/aromatic N) is 3. The number of aliphatic hydroxyl groups is 1. The summed E-state index contributed by atoms with van der Waals surface area (Å²) in [5.41, 5.74) is 1.04. The van der Waals surface area contributed by atoms with Crippen LogP contribution < -0.4 is 10.1 Å². The number of hydrogen-bond donors (Lipinski definition) is 2. The molecular formula is C21H19ClN4O3. The summed E-state index contributed by atoms with van der Waals surface area (Å²) in [6.07, 6.45) is 3.20. The molecule has 1 aromatic carbocycles. The molecule has 0 atom stereocenters. The van der Waals surface area contributed by atoms with E-state index in [2.05, 4.69) is 27.4 Å². The summed E-state index contributed by atoms with van der Waals surface area (Å²) in [5.74, 6) is 5.48. The molecule has 29 heavy (non-hydrogen) atoms. The molecule has 3 rings (SSSR count). The van der Waals surface area contributed by atoms with Gasteiger partial charge in [-0.15, -0.1) is 10.2 Å². The number of rotatable bonds is 4. The lowest BCUT2D eigenvalue weighted by Gasteiger charge is -2.29. The van der Waals surface area contributed by atoms with Gasteiger partial charge >= 0.3 is 0 Å². The van der Waals surface area contributed by atoms with Gasteiger partial charge in [0.05, 0.1) is 16.7 Å². The van der Waals surface area contributed by atoms with Crippen LogP contribution in [0.4, 0.5) is 0 Å². The second-order valence-corrected chi connectivity index (χ2v) is 6.99. The highest BCUT2D eigenvalue weighted by molar-refractivity contribution is 6.31. The Hall–Kier alpha value is -3.13. The molecule has 1 amide bonds. The summed E-state index contributed by atoms with van der Waals surface area (Å²) in [6, 6.07) is 10.3. The molecule has 2 aromatic rings. The quantitative estimate of drug-likeness (QED) is 0.749. The van der Waals surface area contributed by atoms with Crippen molar-refractivity contribution < 1.29 is 14.6 Å². The van der Waals surface area contributed by atoms with Gasteiger partial charge in [-0.2, -0.15) is 5.26 Å². The lowest BCUT2D eigenvalue weighted by Crippen LogP contribution is -2.40. The summed E-state index contributed by atoms with van der Waals surface area (Å²) in [7, 11) is 0. The molecule has 148 valence electrons. The predicted octanol–water partition coefficient (Wildman–Crippen LogP) is 2.47. The molecule has 2 N–H and O–H groups in total. The van der Waals surface area contributed by atoms with E-state index in [0.29, 0.717) is 22.0 Å². The van der Waals surface area contributed by atoms with Gasteiger partial charge in [-0.25, -0.2) is 0 Å². The van der Waals surface area contributed by atoms with Crippen molar-refractivity contribution in [1.29, 1.82) is 5.26 Å². The van der Waals surface area contributed by atoms with Crippen molar-refractivity contribution in [2.75, 3.05) is 6.61 Å². The van der Waals surface area contributed by atoms with Gasteiger partial charge in [-0.1, -0.05) is 17.5 Å². The van der Waals surface area contributed by atoms with Gasteiger partial charge in [0.25, 0.3) is 5.91 Å². The Balaban J connectivity index is 1.48. The van der Waals surface area contributed by atoms with Crippen molar-refractivity contribution >= 4 is 17.5 Å². The first-order chi connectivity index (χ1) is 14.1. The van der Waals surface area contributed by atoms with Crippen molar-refractivity contribution in [3.05, 3.63) is 52.3 Å². The van der Waals surface area contributed by atoms with Crippen LogP contribution >= 0.6 is 11.6 Å². The Kier molecular flexibility index (Phi) is 7.02. The minimum absolute atomic E-state index is 0.0383. The van der Waals surface area contributed by atoms with Gasteiger partial charge in [0.1, 0.15) is 24.1 Å². The zero-order valence-electron chi connectivity index (χ0n) is 15.6. The summed E-state index contributed by atoms with van der Waals surface area (Å²) in [6.45, 7) is -0.255. The lowest BCUT2D eigenvalue weighted by molar-refractivity contribution is 0.0888. The summed E-state index contributed by atoms with van der Waals surface area (Å²) < 4.78 is 5.96. The van der Waals surface area contributed by atoms with E-state index in [1.807, 2.05) is 6.07 Å². The molecule has 7 nitrogen and oxygen atoms in total. The van der Waals surface area contributed by atoms with Crippen LogP contribution in [0, 0.1) is 23.2 Å². The number of carbonyl (C=O) groups is 1. The molecule has 1 aliphatic carbocycles. The smallest absolute Gasteiger partial charge is 0.272 e. The van der Waals surface area contributed by atoms with Crippen molar-refractivity contribution in [2.45, 2.75) is 37.8 Å². The number of ether oxygens (including phenoxy) is 1. The fraction of sp³-hybridized carbons (Fsp3) is 0.333. The molecule has 1 aromatic heterocycles. The molecule has 1 fully saturated rings. The highest BCUT2D eigenvalue weighted by Gasteiger charge is 2.24. The Bertz CT molecular complexity index is 968. The van der Waals surface area contributed by atoms with Crippen LogP contribution in [0.25, 0.3) is 0 Å². The van der Waals surface area contributed by atoms with Gasteiger partial charge < -0.3 is 15.2 Å². The maximum Gasteiger partial charge on any atom is 0.272 e. The van der Waals surface area contributed by atoms with Crippen LogP contribution in [-0.2, 0) is 0 Å². The summed E-state index contributed by atoms with van der Waals surface area (Å²) in [5, 5.41) is 28.7. The number of nitriles is 1. The van der Waals surface area contributed by atoms with Crippen LogP contribution in [0.1, 0.15) is 47.4 Å². The monoisotopic (exact) mass is 410 g/mol. The molecule has 0 aliphatic heterocycles. The first-order valence-corrected chi connectivity index (χ1v) is 9.57. The number of amides is 1. The zero-order valence-corrected chi connectivity index (χ0v) is 16.3. The molecule has 0 unspecified atom stereocenters. The summed E-state index contributed by atoms with van der Waals surface area (Å²) >= 11 is 6.04. The number of hydrogen-bond acceptors (Lipinski definition) is 6. The minimum atomic E-state index is -0.276. The van der Waals surface area contributed by atoms with E-state index in [4.69, 9.17) is 26.7 Å². The lowest BCUT2D eigenvalue weighted by atomic mass is 9.93. The third-order valence-electron chi connectivity index (χ3n) is 4.57. The van der Waals surface area contributed by atoms with E-state index >= 15 is 0 Å². The number of nitrogens with one attached hydrogen (secondary N) is 1. The topological polar surface area (TPSA) is 108 Å². The Labute approximate surface area is 173 Å². The molecule has 0 saturated heterocycles. The average Bonchev–Trinajstić information content (AvgIpc) is 2.74. The average molecular weight is 411 g/mol.